The van der Waals surface area contributed by atoms with Crippen LogP contribution in [0.25, 0.3) is 0 Å². The Bertz CT molecular complexity index is 2390. The molecule has 0 spiro atoms. The van der Waals surface area contributed by atoms with Crippen molar-refractivity contribution >= 4 is 40.5 Å². The third-order valence-electron chi connectivity index (χ3n) is 10.9. The topological polar surface area (TPSA) is 236 Å². The van der Waals surface area contributed by atoms with E-state index in [1.807, 2.05) is 0 Å². The first kappa shape index (κ1) is 64.1. The van der Waals surface area contributed by atoms with Crippen molar-refractivity contribution in [1.29, 1.82) is 0 Å². The molecule has 14 nitrogen and oxygen atoms in total. The minimum Gasteiger partial charge on any atom is -1.00 e. The van der Waals surface area contributed by atoms with Crippen LogP contribution < -0.4 is 68.6 Å². The predicted molar refractivity (Wildman–Crippen MR) is 258 cm³/mol. The molecule has 0 aliphatic rings. The van der Waals surface area contributed by atoms with Crippen LogP contribution in [0.2, 0.25) is 0 Å². The van der Waals surface area contributed by atoms with Crippen LogP contribution in [0.15, 0.2) is 105 Å². The first-order valence-corrected chi connectivity index (χ1v) is 28.7. The van der Waals surface area contributed by atoms with E-state index in [4.69, 9.17) is 9.47 Å². The van der Waals surface area contributed by atoms with E-state index in [0.717, 1.165) is 63.5 Å². The van der Waals surface area contributed by atoms with Gasteiger partial charge < -0.3 is 12.3 Å². The molecular weight excluding hydrogens is 975 g/mol. The number of para-hydroxylation sites is 2. The molecule has 0 fully saturated rings. The number of hydrogen-bond acceptors (Lipinski definition) is 10. The molecule has 0 bridgehead atoms. The average Bonchev–Trinajstić information content (AvgIpc) is 3.24. The van der Waals surface area contributed by atoms with E-state index in [1.165, 1.54) is 126 Å². The van der Waals surface area contributed by atoms with E-state index in [1.54, 1.807) is 24.3 Å². The van der Waals surface area contributed by atoms with Crippen LogP contribution in [0, 0.1) is 0 Å². The summed E-state index contributed by atoms with van der Waals surface area (Å²) in [4.78, 5) is -1.75. The van der Waals surface area contributed by atoms with Crippen molar-refractivity contribution < 1.29 is 123 Å². The van der Waals surface area contributed by atoms with Gasteiger partial charge in [0.1, 0.15) is 42.6 Å². The van der Waals surface area contributed by atoms with Crippen molar-refractivity contribution in [1.82, 2.24) is 0 Å². The molecular formula is C48H70Na2O14S4. The second-order valence-electron chi connectivity index (χ2n) is 16.4. The maximum absolute atomic E-state index is 12.1. The fraction of sp³-hybridized carbons (Fsp3) is 0.500. The van der Waals surface area contributed by atoms with Crippen molar-refractivity contribution in [2.75, 3.05) is 0 Å². The van der Waals surface area contributed by atoms with Crippen molar-refractivity contribution in [3.8, 4) is 23.0 Å². The summed E-state index contributed by atoms with van der Waals surface area (Å²) in [6.45, 7) is 4.40. The van der Waals surface area contributed by atoms with Gasteiger partial charge in [-0.25, -0.2) is 0 Å². The maximum atomic E-state index is 12.1. The second kappa shape index (κ2) is 33.0. The zero-order chi connectivity index (χ0) is 48.6. The van der Waals surface area contributed by atoms with Gasteiger partial charge in [0.05, 0.1) is 0 Å². The fourth-order valence-electron chi connectivity index (χ4n) is 7.60. The first-order valence-electron chi connectivity index (χ1n) is 23.0. The molecule has 0 saturated heterocycles. The van der Waals surface area contributed by atoms with Crippen LogP contribution in [0.5, 0.6) is 23.0 Å². The molecule has 4 aromatic carbocycles. The van der Waals surface area contributed by atoms with Crippen LogP contribution >= 0.6 is 0 Å². The molecule has 0 unspecified atom stereocenters. The summed E-state index contributed by atoms with van der Waals surface area (Å²) in [5, 5.41) is 0. The van der Waals surface area contributed by atoms with Crippen molar-refractivity contribution in [2.45, 2.75) is 175 Å². The zero-order valence-electron chi connectivity index (χ0n) is 42.1. The van der Waals surface area contributed by atoms with Gasteiger partial charge in [-0.2, -0.15) is 33.7 Å². The number of benzene rings is 4. The quantitative estimate of drug-likeness (QED) is 0.0232. The zero-order valence-corrected chi connectivity index (χ0v) is 47.4. The van der Waals surface area contributed by atoms with E-state index >= 15 is 0 Å². The Hall–Kier alpha value is -1.88. The number of rotatable bonds is 30. The van der Waals surface area contributed by atoms with Crippen LogP contribution in [0.4, 0.5) is 0 Å². The molecule has 4 rings (SSSR count). The Kier molecular flexibility index (Phi) is 31.1. The molecule has 4 aromatic rings. The molecule has 0 radical (unpaired) electrons. The largest absolute Gasteiger partial charge is 1.00 e. The summed E-state index contributed by atoms with van der Waals surface area (Å²) in [7, 11) is -18.4. The third-order valence-corrected chi connectivity index (χ3v) is 14.7. The Morgan fingerprint density at radius 3 is 0.897 bits per heavy atom. The third kappa shape index (κ3) is 23.6. The molecule has 20 heteroatoms. The Labute approximate surface area is 453 Å². The molecule has 0 aromatic heterocycles. The van der Waals surface area contributed by atoms with E-state index in [2.05, 4.69) is 13.8 Å². The second-order valence-corrected chi connectivity index (χ2v) is 21.8. The monoisotopic (exact) mass is 1040 g/mol. The van der Waals surface area contributed by atoms with Crippen LogP contribution in [-0.2, 0) is 53.3 Å². The van der Waals surface area contributed by atoms with Crippen molar-refractivity contribution in [2.24, 2.45) is 0 Å². The number of unbranched alkanes of at least 4 members (excludes halogenated alkanes) is 18. The summed E-state index contributed by atoms with van der Waals surface area (Å²) in [5.74, 6) is -0.863. The maximum Gasteiger partial charge on any atom is 1.00 e. The molecule has 0 saturated carbocycles. The van der Waals surface area contributed by atoms with Gasteiger partial charge >= 0.3 is 59.1 Å². The smallest absolute Gasteiger partial charge is 1.00 e. The summed E-state index contributed by atoms with van der Waals surface area (Å²) in [6, 6.07) is 19.7. The van der Waals surface area contributed by atoms with Gasteiger partial charge in [-0.05, 0) is 73.2 Å². The minimum atomic E-state index is -4.63. The van der Waals surface area contributed by atoms with Gasteiger partial charge in [-0.1, -0.05) is 178 Å². The summed E-state index contributed by atoms with van der Waals surface area (Å²) in [6.07, 6.45) is 23.8. The summed E-state index contributed by atoms with van der Waals surface area (Å²) in [5.41, 5.74) is 0.804. The Balaban J connectivity index is 0. The standard InChI is InChI=1S/2C24H34O7S2.2Na.2H/c2*1-2-3-4-5-6-7-8-9-10-11-15-20-16-14-18-22(24(20)33(28,29)30)31-21-17-12-13-19-23(21)32(25,26)27;;;;/h2*12-14,16-19H,2-11,15H2,1H3,(H,25,26,27)(H,28,29,30);;;;/q;;2*+1;2*-1. The van der Waals surface area contributed by atoms with Crippen LogP contribution in [-0.4, -0.2) is 51.9 Å². The SMILES string of the molecule is CCCCCCCCCCCCc1cccc(Oc2ccccc2S(=O)(=O)O)c1S(=O)(=O)O.CCCCCCCCCCCCc1cccc(Oc2ccccc2S(=O)(=O)O)c1S(=O)(=O)O.[H-].[H-].[Na+].[Na+]. The average molecular weight is 1050 g/mol. The van der Waals surface area contributed by atoms with E-state index in [-0.39, 0.29) is 94.8 Å². The van der Waals surface area contributed by atoms with Gasteiger partial charge in [0.25, 0.3) is 40.5 Å². The fourth-order valence-corrected chi connectivity index (χ4v) is 10.6. The number of hydrogen-bond donors (Lipinski definition) is 4. The molecule has 0 heterocycles. The predicted octanol–water partition coefficient (Wildman–Crippen LogP) is 7.10. The van der Waals surface area contributed by atoms with Gasteiger partial charge in [-0.15, -0.1) is 0 Å². The Morgan fingerprint density at radius 1 is 0.353 bits per heavy atom. The molecule has 0 atom stereocenters. The Morgan fingerprint density at radius 2 is 0.618 bits per heavy atom. The molecule has 0 aliphatic carbocycles. The molecule has 4 N–H and O–H groups in total. The minimum absolute atomic E-state index is 0. The molecule has 68 heavy (non-hydrogen) atoms. The number of aryl methyl sites for hydroxylation is 2. The van der Waals surface area contributed by atoms with Crippen molar-refractivity contribution in [3.05, 3.63) is 96.1 Å². The van der Waals surface area contributed by atoms with Crippen molar-refractivity contribution in [3.63, 3.8) is 0 Å². The first-order chi connectivity index (χ1) is 31.3. The van der Waals surface area contributed by atoms with Crippen LogP contribution in [0.3, 0.4) is 0 Å². The van der Waals surface area contributed by atoms with Gasteiger partial charge in [0, 0.05) is 0 Å². The van der Waals surface area contributed by atoms with E-state index < -0.39 is 50.3 Å². The summed E-state index contributed by atoms with van der Waals surface area (Å²) >= 11 is 0. The van der Waals surface area contributed by atoms with Crippen LogP contribution in [0.1, 0.15) is 156 Å². The molecule has 372 valence electrons. The molecule has 0 amide bonds. The van der Waals surface area contributed by atoms with E-state index in [0.29, 0.717) is 24.0 Å². The molecule has 0 aliphatic heterocycles. The van der Waals surface area contributed by atoms with Gasteiger partial charge in [-0.3, -0.25) is 18.2 Å². The van der Waals surface area contributed by atoms with Gasteiger partial charge in [0.2, 0.25) is 0 Å². The van der Waals surface area contributed by atoms with E-state index in [9.17, 15) is 51.9 Å². The summed E-state index contributed by atoms with van der Waals surface area (Å²) < 4.78 is 145. The normalized spacial score (nSPS) is 11.7. The number of ether oxygens (including phenoxy) is 2. The van der Waals surface area contributed by atoms with Gasteiger partial charge in [0.15, 0.2) is 0 Å².